The Morgan fingerprint density at radius 1 is 0.920 bits per heavy atom. The lowest BCUT2D eigenvalue weighted by molar-refractivity contribution is 1.03. The molecule has 25 heavy (non-hydrogen) atoms. The third kappa shape index (κ3) is 2.29. The van der Waals surface area contributed by atoms with E-state index in [1.165, 1.54) is 44.6 Å². The van der Waals surface area contributed by atoms with Crippen LogP contribution in [0.2, 0.25) is 0 Å². The zero-order chi connectivity index (χ0) is 16.8. The van der Waals surface area contributed by atoms with Crippen LogP contribution in [0.15, 0.2) is 102 Å². The van der Waals surface area contributed by atoms with Crippen molar-refractivity contribution in [2.75, 3.05) is 0 Å². The fourth-order valence-corrected chi connectivity index (χ4v) is 4.37. The van der Waals surface area contributed by atoms with Crippen LogP contribution in [0.4, 0.5) is 0 Å². The van der Waals surface area contributed by atoms with E-state index in [2.05, 4.69) is 85.5 Å². The van der Waals surface area contributed by atoms with Crippen molar-refractivity contribution in [2.24, 2.45) is 0 Å². The van der Waals surface area contributed by atoms with Crippen molar-refractivity contribution < 1.29 is 0 Å². The predicted molar refractivity (Wildman–Crippen MR) is 106 cm³/mol. The zero-order valence-corrected chi connectivity index (χ0v) is 14.2. The second-order valence-corrected chi connectivity index (χ2v) is 7.03. The van der Waals surface area contributed by atoms with Crippen LogP contribution in [0.5, 0.6) is 0 Å². The summed E-state index contributed by atoms with van der Waals surface area (Å²) < 4.78 is 0. The van der Waals surface area contributed by atoms with E-state index in [0.29, 0.717) is 5.92 Å². The summed E-state index contributed by atoms with van der Waals surface area (Å²) in [6.07, 6.45) is 11.4. The van der Waals surface area contributed by atoms with Crippen LogP contribution >= 0.6 is 0 Å². The summed E-state index contributed by atoms with van der Waals surface area (Å²) in [6.45, 7) is 4.46. The van der Waals surface area contributed by atoms with Crippen molar-refractivity contribution in [3.05, 3.63) is 118 Å². The summed E-state index contributed by atoms with van der Waals surface area (Å²) in [5.74, 6) is 0.397. The van der Waals surface area contributed by atoms with E-state index in [1.807, 2.05) is 0 Å². The maximum Gasteiger partial charge on any atom is 0.0308 e. The molecule has 0 radical (unpaired) electrons. The van der Waals surface area contributed by atoms with Crippen LogP contribution in [0.1, 0.15) is 35.4 Å². The van der Waals surface area contributed by atoms with E-state index < -0.39 is 0 Å². The molecule has 3 aliphatic rings. The van der Waals surface area contributed by atoms with Crippen molar-refractivity contribution >= 4 is 11.6 Å². The fraction of sp³-hybridized carbons (Fsp3) is 0.120. The molecule has 3 aliphatic carbocycles. The van der Waals surface area contributed by atoms with Crippen molar-refractivity contribution in [2.45, 2.75) is 18.8 Å². The predicted octanol–water partition coefficient (Wildman–Crippen LogP) is 6.47. The fourth-order valence-electron chi connectivity index (χ4n) is 4.37. The maximum absolute atomic E-state index is 4.46. The number of hydrogen-bond donors (Lipinski definition) is 0. The Bertz CT molecular complexity index is 993. The first-order valence-corrected chi connectivity index (χ1v) is 8.96. The molecule has 1 atom stereocenters. The number of rotatable bonds is 2. The molecule has 1 saturated carbocycles. The van der Waals surface area contributed by atoms with Crippen molar-refractivity contribution in [3.8, 4) is 0 Å². The number of benzene rings is 2. The highest BCUT2D eigenvalue weighted by atomic mass is 14.4. The quantitative estimate of drug-likeness (QED) is 0.595. The lowest BCUT2D eigenvalue weighted by atomic mass is 9.92. The molecule has 0 heteroatoms. The molecule has 1 unspecified atom stereocenters. The average Bonchev–Trinajstić information content (AvgIpc) is 3.32. The largest absolute Gasteiger partial charge is 0.0946 e. The van der Waals surface area contributed by atoms with E-state index in [4.69, 9.17) is 0 Å². The third-order valence-electron chi connectivity index (χ3n) is 5.56. The van der Waals surface area contributed by atoms with Gasteiger partial charge in [-0.2, -0.15) is 0 Å². The molecule has 0 nitrogen and oxygen atoms in total. The van der Waals surface area contributed by atoms with Gasteiger partial charge in [0.25, 0.3) is 0 Å². The molecule has 2 aromatic rings. The number of fused-ring (bicyclic) bond motifs is 3. The maximum atomic E-state index is 4.46. The van der Waals surface area contributed by atoms with Crippen molar-refractivity contribution in [1.82, 2.24) is 0 Å². The Morgan fingerprint density at radius 3 is 2.60 bits per heavy atom. The van der Waals surface area contributed by atoms with Crippen LogP contribution < -0.4 is 0 Å². The Labute approximate surface area is 149 Å². The molecule has 0 bridgehead atoms. The van der Waals surface area contributed by atoms with Gasteiger partial charge in [-0.3, -0.25) is 0 Å². The molecule has 0 aliphatic heterocycles. The second-order valence-electron chi connectivity index (χ2n) is 7.03. The topological polar surface area (TPSA) is 0 Å². The first-order chi connectivity index (χ1) is 12.3. The van der Waals surface area contributed by atoms with Crippen LogP contribution in [0.25, 0.3) is 11.6 Å². The molecule has 0 saturated heterocycles. The summed E-state index contributed by atoms with van der Waals surface area (Å²) in [5, 5.41) is 0. The van der Waals surface area contributed by atoms with Gasteiger partial charge in [0.2, 0.25) is 0 Å². The third-order valence-corrected chi connectivity index (χ3v) is 5.56. The Kier molecular flexibility index (Phi) is 3.24. The van der Waals surface area contributed by atoms with Gasteiger partial charge in [-0.25, -0.2) is 0 Å². The van der Waals surface area contributed by atoms with Crippen LogP contribution in [0.3, 0.4) is 0 Å². The molecule has 2 aromatic carbocycles. The van der Waals surface area contributed by atoms with E-state index in [-0.39, 0.29) is 0 Å². The second kappa shape index (κ2) is 5.60. The van der Waals surface area contributed by atoms with Crippen molar-refractivity contribution in [1.29, 1.82) is 0 Å². The SMILES string of the molecule is C=C1/C(=C\C2=CCC=C2c2ccccc2)CC2=Cc3ccccc3C12. The lowest BCUT2D eigenvalue weighted by Crippen LogP contribution is -1.94. The van der Waals surface area contributed by atoms with Gasteiger partial charge in [-0.15, -0.1) is 0 Å². The summed E-state index contributed by atoms with van der Waals surface area (Å²) in [7, 11) is 0. The summed E-state index contributed by atoms with van der Waals surface area (Å²) >= 11 is 0. The van der Waals surface area contributed by atoms with Gasteiger partial charge in [0, 0.05) is 5.92 Å². The standard InChI is InChI=1S/C25H20/c1-17-21(16-22-15-20-10-5-6-12-24(20)25(17)22)14-19-11-7-13-23(19)18-8-3-2-4-9-18/h2-6,8-15,25H,1,7,16H2/b21-14-. The summed E-state index contributed by atoms with van der Waals surface area (Å²) in [4.78, 5) is 0. The van der Waals surface area contributed by atoms with Gasteiger partial charge >= 0.3 is 0 Å². The van der Waals surface area contributed by atoms with Gasteiger partial charge in [0.15, 0.2) is 0 Å². The van der Waals surface area contributed by atoms with E-state index in [0.717, 1.165) is 12.8 Å². The highest BCUT2D eigenvalue weighted by Crippen LogP contribution is 2.52. The van der Waals surface area contributed by atoms with E-state index >= 15 is 0 Å². The highest BCUT2D eigenvalue weighted by Gasteiger charge is 2.34. The molecule has 120 valence electrons. The molecule has 0 heterocycles. The summed E-state index contributed by atoms with van der Waals surface area (Å²) in [6, 6.07) is 19.4. The highest BCUT2D eigenvalue weighted by molar-refractivity contribution is 5.85. The van der Waals surface area contributed by atoms with Gasteiger partial charge in [-0.05, 0) is 51.8 Å². The van der Waals surface area contributed by atoms with Crippen LogP contribution in [-0.4, -0.2) is 0 Å². The lowest BCUT2D eigenvalue weighted by Gasteiger charge is -2.11. The monoisotopic (exact) mass is 320 g/mol. The molecule has 0 spiro atoms. The Morgan fingerprint density at radius 2 is 1.72 bits per heavy atom. The molecule has 0 amide bonds. The Balaban J connectivity index is 1.48. The minimum absolute atomic E-state index is 0.397. The molecule has 0 N–H and O–H groups in total. The molecule has 5 rings (SSSR count). The zero-order valence-electron chi connectivity index (χ0n) is 14.2. The van der Waals surface area contributed by atoms with Gasteiger partial charge in [0.1, 0.15) is 0 Å². The average molecular weight is 320 g/mol. The summed E-state index contributed by atoms with van der Waals surface area (Å²) in [5.41, 5.74) is 11.0. The number of allylic oxidation sites excluding steroid dienone is 8. The minimum Gasteiger partial charge on any atom is -0.0946 e. The molecule has 1 fully saturated rings. The first kappa shape index (κ1) is 14.5. The Hall–Kier alpha value is -2.86. The molecular weight excluding hydrogens is 300 g/mol. The van der Waals surface area contributed by atoms with Gasteiger partial charge < -0.3 is 0 Å². The smallest absolute Gasteiger partial charge is 0.0308 e. The molecule has 0 aromatic heterocycles. The normalized spacial score (nSPS) is 22.6. The van der Waals surface area contributed by atoms with E-state index in [1.54, 1.807) is 0 Å². The van der Waals surface area contributed by atoms with Crippen molar-refractivity contribution in [3.63, 3.8) is 0 Å². The number of hydrogen-bond acceptors (Lipinski definition) is 0. The van der Waals surface area contributed by atoms with E-state index in [9.17, 15) is 0 Å². The minimum atomic E-state index is 0.397. The first-order valence-electron chi connectivity index (χ1n) is 8.96. The molecular formula is C25H20. The van der Waals surface area contributed by atoms with Crippen LogP contribution in [0, 0.1) is 0 Å². The van der Waals surface area contributed by atoms with Crippen LogP contribution in [-0.2, 0) is 0 Å². The van der Waals surface area contributed by atoms with Gasteiger partial charge in [-0.1, -0.05) is 91.1 Å². The van der Waals surface area contributed by atoms with Gasteiger partial charge in [0.05, 0.1) is 0 Å².